The molecule has 0 aliphatic rings. The Morgan fingerprint density at radius 2 is 1.32 bits per heavy atom. The Balaban J connectivity index is 1.98. The Morgan fingerprint density at radius 3 is 1.82 bits per heavy atom. The van der Waals surface area contributed by atoms with Crippen LogP contribution in [-0.4, -0.2) is 15.9 Å². The molecule has 1 unspecified atom stereocenters. The van der Waals surface area contributed by atoms with Gasteiger partial charge in [0.05, 0.1) is 17.3 Å². The van der Waals surface area contributed by atoms with E-state index in [1.54, 1.807) is 6.07 Å². The molecule has 0 bridgehead atoms. The van der Waals surface area contributed by atoms with Crippen LogP contribution in [0.3, 0.4) is 0 Å². The van der Waals surface area contributed by atoms with Gasteiger partial charge >= 0.3 is 11.3 Å². The second-order valence-electron chi connectivity index (χ2n) is 11.7. The maximum atomic E-state index is 13.1. The van der Waals surface area contributed by atoms with Crippen LogP contribution >= 0.6 is 11.6 Å². The summed E-state index contributed by atoms with van der Waals surface area (Å²) in [6, 6.07) is 7.46. The molecule has 0 heterocycles. The van der Waals surface area contributed by atoms with E-state index in [9.17, 15) is 9.32 Å². The van der Waals surface area contributed by atoms with Crippen LogP contribution in [0, 0.1) is 0 Å². The minimum absolute atomic E-state index is 0.112. The first-order valence-corrected chi connectivity index (χ1v) is 16.7. The SMILES string of the molecule is CCCCCCCCCCCCOc1cc(NS(=O)Oc2c(C(C)C)cc(C(C)C)cc2C(C)C)cc(Cl)c1O. The number of ether oxygens (including phenoxy) is 1. The van der Waals surface area contributed by atoms with Crippen molar-refractivity contribution in [1.29, 1.82) is 0 Å². The maximum absolute atomic E-state index is 13.1. The summed E-state index contributed by atoms with van der Waals surface area (Å²) in [5, 5.41) is 10.6. The van der Waals surface area contributed by atoms with Gasteiger partial charge in [-0.1, -0.05) is 130 Å². The van der Waals surface area contributed by atoms with Gasteiger partial charge in [0.1, 0.15) is 5.75 Å². The topological polar surface area (TPSA) is 67.8 Å². The number of halogens is 1. The predicted octanol–water partition coefficient (Wildman–Crippen LogP) is 10.8. The van der Waals surface area contributed by atoms with Gasteiger partial charge in [0.25, 0.3) is 0 Å². The van der Waals surface area contributed by atoms with Gasteiger partial charge in [-0.05, 0) is 46.9 Å². The number of nitrogens with one attached hydrogen (secondary N) is 1. The summed E-state index contributed by atoms with van der Waals surface area (Å²) in [7, 11) is 0. The third-order valence-electron chi connectivity index (χ3n) is 7.22. The van der Waals surface area contributed by atoms with Crippen LogP contribution in [-0.2, 0) is 11.3 Å². The van der Waals surface area contributed by atoms with E-state index in [-0.39, 0.29) is 28.4 Å². The van der Waals surface area contributed by atoms with Gasteiger partial charge in [0.15, 0.2) is 11.5 Å². The molecular formula is C33H52ClNO4S. The molecule has 0 radical (unpaired) electrons. The van der Waals surface area contributed by atoms with E-state index in [4.69, 9.17) is 20.5 Å². The lowest BCUT2D eigenvalue weighted by Crippen LogP contribution is -2.15. The van der Waals surface area contributed by atoms with Crippen LogP contribution in [0.5, 0.6) is 17.2 Å². The third kappa shape index (κ3) is 11.2. The first-order valence-electron chi connectivity index (χ1n) is 15.2. The molecule has 0 fully saturated rings. The van der Waals surface area contributed by atoms with E-state index in [0.717, 1.165) is 24.0 Å². The highest BCUT2D eigenvalue weighted by molar-refractivity contribution is 7.82. The number of anilines is 1. The van der Waals surface area contributed by atoms with Crippen molar-refractivity contribution in [2.75, 3.05) is 11.3 Å². The summed E-state index contributed by atoms with van der Waals surface area (Å²) in [4.78, 5) is 0. The first kappa shape index (κ1) is 34.3. The minimum atomic E-state index is -1.88. The number of phenolic OH excluding ortho intramolecular Hbond substituents is 1. The lowest BCUT2D eigenvalue weighted by molar-refractivity contribution is 0.289. The molecule has 5 nitrogen and oxygen atoms in total. The second kappa shape index (κ2) is 17.8. The molecule has 0 saturated heterocycles. The fraction of sp³-hybridized carbons (Fsp3) is 0.636. The van der Waals surface area contributed by atoms with Crippen LogP contribution in [0.2, 0.25) is 5.02 Å². The summed E-state index contributed by atoms with van der Waals surface area (Å²) in [6.07, 6.45) is 12.4. The summed E-state index contributed by atoms with van der Waals surface area (Å²) in [5.41, 5.74) is 3.77. The van der Waals surface area contributed by atoms with Crippen LogP contribution in [0.15, 0.2) is 24.3 Å². The number of hydrogen-bond donors (Lipinski definition) is 2. The van der Waals surface area contributed by atoms with Gasteiger partial charge in [-0.15, -0.1) is 0 Å². The van der Waals surface area contributed by atoms with E-state index in [0.29, 0.717) is 24.0 Å². The normalized spacial score (nSPS) is 12.4. The van der Waals surface area contributed by atoms with E-state index in [1.807, 2.05) is 0 Å². The van der Waals surface area contributed by atoms with E-state index >= 15 is 0 Å². The average Bonchev–Trinajstić information content (AvgIpc) is 2.89. The monoisotopic (exact) mass is 593 g/mol. The Bertz CT molecular complexity index is 1040. The predicted molar refractivity (Wildman–Crippen MR) is 172 cm³/mol. The van der Waals surface area contributed by atoms with Crippen molar-refractivity contribution in [3.63, 3.8) is 0 Å². The van der Waals surface area contributed by atoms with Crippen LogP contribution in [0.25, 0.3) is 0 Å². The maximum Gasteiger partial charge on any atom is 0.316 e. The highest BCUT2D eigenvalue weighted by atomic mass is 35.5. The third-order valence-corrected chi connectivity index (χ3v) is 8.23. The number of unbranched alkanes of at least 4 members (excludes halogenated alkanes) is 9. The summed E-state index contributed by atoms with van der Waals surface area (Å²) < 4.78 is 27.9. The van der Waals surface area contributed by atoms with E-state index < -0.39 is 11.3 Å². The zero-order valence-corrected chi connectivity index (χ0v) is 27.4. The molecule has 0 aromatic heterocycles. The fourth-order valence-corrected chi connectivity index (χ4v) is 5.60. The van der Waals surface area contributed by atoms with Gasteiger partial charge in [-0.3, -0.25) is 4.72 Å². The molecule has 2 N–H and O–H groups in total. The average molecular weight is 594 g/mol. The van der Waals surface area contributed by atoms with Crippen molar-refractivity contribution in [2.45, 2.75) is 130 Å². The van der Waals surface area contributed by atoms with Crippen molar-refractivity contribution < 1.29 is 18.2 Å². The number of phenols is 1. The van der Waals surface area contributed by atoms with Crippen molar-refractivity contribution in [3.05, 3.63) is 46.0 Å². The Kier molecular flexibility index (Phi) is 15.3. The fourth-order valence-electron chi connectivity index (χ4n) is 4.69. The largest absolute Gasteiger partial charge is 0.503 e. The molecule has 0 aliphatic heterocycles. The second-order valence-corrected chi connectivity index (χ2v) is 13.0. The van der Waals surface area contributed by atoms with Crippen molar-refractivity contribution >= 4 is 28.6 Å². The molecule has 0 saturated carbocycles. The zero-order chi connectivity index (χ0) is 29.7. The van der Waals surface area contributed by atoms with Gasteiger partial charge in [0, 0.05) is 6.07 Å². The molecule has 7 heteroatoms. The lowest BCUT2D eigenvalue weighted by atomic mass is 9.88. The number of hydrogen-bond acceptors (Lipinski definition) is 4. The molecule has 2 aromatic rings. The quantitative estimate of drug-likeness (QED) is 0.125. The standard InChI is InChI=1S/C33H52ClNO4S/c1-8-9-10-11-12-13-14-15-16-17-18-38-31-22-27(21-30(34)32(31)36)35-40(37)39-33-28(24(4)5)19-26(23(2)3)20-29(33)25(6)7/h19-25,35-36H,8-18H2,1-7H3. The number of benzene rings is 2. The summed E-state index contributed by atoms with van der Waals surface area (Å²) >= 11 is 4.40. The molecule has 1 atom stereocenters. The Morgan fingerprint density at radius 1 is 0.800 bits per heavy atom. The number of aromatic hydroxyl groups is 1. The molecule has 2 aromatic carbocycles. The molecule has 0 amide bonds. The number of rotatable bonds is 19. The van der Waals surface area contributed by atoms with Gasteiger partial charge in [-0.2, -0.15) is 4.21 Å². The molecule has 40 heavy (non-hydrogen) atoms. The smallest absolute Gasteiger partial charge is 0.316 e. The van der Waals surface area contributed by atoms with Crippen molar-refractivity contribution in [3.8, 4) is 17.2 Å². The Labute approximate surface area is 251 Å². The van der Waals surface area contributed by atoms with E-state index in [2.05, 4.69) is 65.3 Å². The highest BCUT2D eigenvalue weighted by Crippen LogP contribution is 2.40. The first-order chi connectivity index (χ1) is 19.0. The molecule has 0 spiro atoms. The summed E-state index contributed by atoms with van der Waals surface area (Å²) in [6.45, 7) is 15.5. The molecule has 2 rings (SSSR count). The van der Waals surface area contributed by atoms with E-state index in [1.165, 1.54) is 63.0 Å². The minimum Gasteiger partial charge on any atom is -0.503 e. The highest BCUT2D eigenvalue weighted by Gasteiger charge is 2.21. The molecular weight excluding hydrogens is 542 g/mol. The lowest BCUT2D eigenvalue weighted by Gasteiger charge is -2.22. The molecule has 226 valence electrons. The molecule has 0 aliphatic carbocycles. The zero-order valence-electron chi connectivity index (χ0n) is 25.8. The van der Waals surface area contributed by atoms with Crippen LogP contribution in [0.4, 0.5) is 5.69 Å². The van der Waals surface area contributed by atoms with Gasteiger partial charge < -0.3 is 14.0 Å². The Hall–Kier alpha value is -1.92. The van der Waals surface area contributed by atoms with Crippen LogP contribution in [0.1, 0.15) is 147 Å². The van der Waals surface area contributed by atoms with Crippen molar-refractivity contribution in [2.24, 2.45) is 0 Å². The van der Waals surface area contributed by atoms with Gasteiger partial charge in [-0.25, -0.2) is 0 Å². The summed E-state index contributed by atoms with van der Waals surface area (Å²) in [5.74, 6) is 1.61. The van der Waals surface area contributed by atoms with Crippen molar-refractivity contribution in [1.82, 2.24) is 0 Å². The van der Waals surface area contributed by atoms with Gasteiger partial charge in [0.2, 0.25) is 0 Å². The van der Waals surface area contributed by atoms with Crippen LogP contribution < -0.4 is 13.6 Å².